The first-order chi connectivity index (χ1) is 9.15. The molecule has 1 aromatic heterocycles. The van der Waals surface area contributed by atoms with Crippen LogP contribution in [0.1, 0.15) is 29.8 Å². The molecule has 100 valence electrons. The molecule has 5 heteroatoms. The van der Waals surface area contributed by atoms with Crippen molar-refractivity contribution in [1.82, 2.24) is 15.5 Å². The number of carbonyl (C=O) groups is 1. The first-order valence-corrected chi connectivity index (χ1v) is 6.17. The van der Waals surface area contributed by atoms with Gasteiger partial charge in [0.1, 0.15) is 5.75 Å². The lowest BCUT2D eigenvalue weighted by Crippen LogP contribution is -2.22. The summed E-state index contributed by atoms with van der Waals surface area (Å²) < 4.78 is 5.56. The number of aromatic amines is 1. The van der Waals surface area contributed by atoms with Crippen LogP contribution < -0.4 is 10.1 Å². The predicted molar refractivity (Wildman–Crippen MR) is 72.0 cm³/mol. The molecular formula is C14H17N3O2. The van der Waals surface area contributed by atoms with E-state index in [-0.39, 0.29) is 12.0 Å². The molecule has 0 atom stereocenters. The van der Waals surface area contributed by atoms with Crippen molar-refractivity contribution in [3.05, 3.63) is 47.8 Å². The second-order valence-corrected chi connectivity index (χ2v) is 4.48. The van der Waals surface area contributed by atoms with Crippen LogP contribution in [-0.4, -0.2) is 22.2 Å². The van der Waals surface area contributed by atoms with Crippen LogP contribution in [0.4, 0.5) is 0 Å². The Labute approximate surface area is 112 Å². The molecule has 5 nitrogen and oxygen atoms in total. The zero-order valence-electron chi connectivity index (χ0n) is 11.0. The third-order valence-electron chi connectivity index (χ3n) is 2.48. The van der Waals surface area contributed by atoms with E-state index in [1.165, 1.54) is 0 Å². The number of rotatable bonds is 5. The van der Waals surface area contributed by atoms with Gasteiger partial charge in [0.25, 0.3) is 5.91 Å². The van der Waals surface area contributed by atoms with E-state index in [2.05, 4.69) is 15.5 Å². The van der Waals surface area contributed by atoms with Crippen molar-refractivity contribution in [3.63, 3.8) is 0 Å². The van der Waals surface area contributed by atoms with Gasteiger partial charge < -0.3 is 10.1 Å². The first-order valence-electron chi connectivity index (χ1n) is 6.17. The van der Waals surface area contributed by atoms with Gasteiger partial charge in [-0.25, -0.2) is 0 Å². The van der Waals surface area contributed by atoms with E-state index < -0.39 is 0 Å². The van der Waals surface area contributed by atoms with Crippen LogP contribution in [0.3, 0.4) is 0 Å². The molecular weight excluding hydrogens is 242 g/mol. The van der Waals surface area contributed by atoms with Crippen LogP contribution >= 0.6 is 0 Å². The molecule has 1 heterocycles. The molecule has 0 fully saturated rings. The van der Waals surface area contributed by atoms with Crippen molar-refractivity contribution < 1.29 is 9.53 Å². The van der Waals surface area contributed by atoms with Crippen LogP contribution in [0.5, 0.6) is 5.75 Å². The number of aromatic nitrogens is 2. The monoisotopic (exact) mass is 259 g/mol. The van der Waals surface area contributed by atoms with Gasteiger partial charge in [-0.05, 0) is 32.0 Å². The molecule has 1 amide bonds. The number of hydrogen-bond acceptors (Lipinski definition) is 3. The maximum absolute atomic E-state index is 12.0. The van der Waals surface area contributed by atoms with Crippen molar-refractivity contribution in [2.45, 2.75) is 26.5 Å². The molecule has 0 saturated carbocycles. The van der Waals surface area contributed by atoms with Crippen molar-refractivity contribution in [2.24, 2.45) is 0 Å². The lowest BCUT2D eigenvalue weighted by atomic mass is 10.2. The highest BCUT2D eigenvalue weighted by atomic mass is 16.5. The molecule has 2 aromatic rings. The Morgan fingerprint density at radius 3 is 3.00 bits per heavy atom. The fourth-order valence-corrected chi connectivity index (χ4v) is 1.64. The topological polar surface area (TPSA) is 67.0 Å². The number of benzene rings is 1. The van der Waals surface area contributed by atoms with Gasteiger partial charge in [-0.15, -0.1) is 0 Å². The minimum Gasteiger partial charge on any atom is -0.491 e. The fraction of sp³-hybridized carbons (Fsp3) is 0.286. The molecule has 1 aromatic carbocycles. The maximum Gasteiger partial charge on any atom is 0.251 e. The lowest BCUT2D eigenvalue weighted by Gasteiger charge is -2.10. The first kappa shape index (κ1) is 13.1. The summed E-state index contributed by atoms with van der Waals surface area (Å²) in [7, 11) is 0. The molecule has 19 heavy (non-hydrogen) atoms. The largest absolute Gasteiger partial charge is 0.491 e. The summed E-state index contributed by atoms with van der Waals surface area (Å²) in [6.07, 6.45) is 3.51. The van der Waals surface area contributed by atoms with Gasteiger partial charge in [0, 0.05) is 23.9 Å². The molecule has 2 rings (SSSR count). The van der Waals surface area contributed by atoms with Crippen molar-refractivity contribution in [2.75, 3.05) is 0 Å². The van der Waals surface area contributed by atoms with Gasteiger partial charge in [0.05, 0.1) is 12.3 Å². The number of amides is 1. The lowest BCUT2D eigenvalue weighted by molar-refractivity contribution is 0.0950. The molecule has 0 aliphatic heterocycles. The molecule has 0 aliphatic rings. The minimum atomic E-state index is -0.129. The van der Waals surface area contributed by atoms with E-state index in [9.17, 15) is 4.79 Å². The SMILES string of the molecule is CC(C)Oc1cccc(C(=O)NCc2cn[nH]c2)c1. The number of ether oxygens (including phenoxy) is 1. The van der Waals surface area contributed by atoms with Crippen LogP contribution in [-0.2, 0) is 6.54 Å². The maximum atomic E-state index is 12.0. The summed E-state index contributed by atoms with van der Waals surface area (Å²) in [6.45, 7) is 4.35. The number of hydrogen-bond donors (Lipinski definition) is 2. The molecule has 2 N–H and O–H groups in total. The highest BCUT2D eigenvalue weighted by Crippen LogP contribution is 2.14. The summed E-state index contributed by atoms with van der Waals surface area (Å²) in [5.41, 5.74) is 1.52. The third kappa shape index (κ3) is 3.84. The van der Waals surface area contributed by atoms with E-state index >= 15 is 0 Å². The Bertz CT molecular complexity index is 535. The Morgan fingerprint density at radius 2 is 2.32 bits per heavy atom. The molecule has 0 bridgehead atoms. The standard InChI is InChI=1S/C14H17N3O2/c1-10(2)19-13-5-3-4-12(6-13)14(18)15-7-11-8-16-17-9-11/h3-6,8-10H,7H2,1-2H3,(H,15,18)(H,16,17). The van der Waals surface area contributed by atoms with Crippen molar-refractivity contribution in [1.29, 1.82) is 0 Å². The average molecular weight is 259 g/mol. The molecule has 0 aliphatic carbocycles. The molecule has 0 saturated heterocycles. The number of carbonyl (C=O) groups excluding carboxylic acids is 1. The Balaban J connectivity index is 1.98. The highest BCUT2D eigenvalue weighted by Gasteiger charge is 2.07. The minimum absolute atomic E-state index is 0.0873. The fourth-order valence-electron chi connectivity index (χ4n) is 1.64. The molecule has 0 radical (unpaired) electrons. The smallest absolute Gasteiger partial charge is 0.251 e. The Kier molecular flexibility index (Phi) is 4.18. The van der Waals surface area contributed by atoms with Crippen LogP contribution in [0.15, 0.2) is 36.7 Å². The van der Waals surface area contributed by atoms with Gasteiger partial charge in [0.2, 0.25) is 0 Å². The summed E-state index contributed by atoms with van der Waals surface area (Å²) >= 11 is 0. The highest BCUT2D eigenvalue weighted by molar-refractivity contribution is 5.94. The number of nitrogens with zero attached hydrogens (tertiary/aromatic N) is 1. The van der Waals surface area contributed by atoms with E-state index in [0.29, 0.717) is 17.9 Å². The van der Waals surface area contributed by atoms with Crippen LogP contribution in [0, 0.1) is 0 Å². The van der Waals surface area contributed by atoms with Crippen LogP contribution in [0.2, 0.25) is 0 Å². The second-order valence-electron chi connectivity index (χ2n) is 4.48. The number of nitrogens with one attached hydrogen (secondary N) is 2. The van der Waals surface area contributed by atoms with Gasteiger partial charge in [-0.1, -0.05) is 6.07 Å². The summed E-state index contributed by atoms with van der Waals surface area (Å²) in [4.78, 5) is 12.0. The van der Waals surface area contributed by atoms with Crippen LogP contribution in [0.25, 0.3) is 0 Å². The van der Waals surface area contributed by atoms with Gasteiger partial charge in [-0.3, -0.25) is 9.89 Å². The number of H-pyrrole nitrogens is 1. The van der Waals surface area contributed by atoms with E-state index in [4.69, 9.17) is 4.74 Å². The second kappa shape index (κ2) is 6.04. The van der Waals surface area contributed by atoms with Crippen molar-refractivity contribution >= 4 is 5.91 Å². The van der Waals surface area contributed by atoms with E-state index in [1.54, 1.807) is 24.5 Å². The van der Waals surface area contributed by atoms with Crippen molar-refractivity contribution in [3.8, 4) is 5.75 Å². The quantitative estimate of drug-likeness (QED) is 0.864. The zero-order valence-corrected chi connectivity index (χ0v) is 11.0. The Morgan fingerprint density at radius 1 is 1.47 bits per heavy atom. The zero-order chi connectivity index (χ0) is 13.7. The van der Waals surface area contributed by atoms with Gasteiger partial charge >= 0.3 is 0 Å². The summed E-state index contributed by atoms with van der Waals surface area (Å²) in [5.74, 6) is 0.571. The predicted octanol–water partition coefficient (Wildman–Crippen LogP) is 2.13. The van der Waals surface area contributed by atoms with E-state index in [0.717, 1.165) is 5.56 Å². The third-order valence-corrected chi connectivity index (χ3v) is 2.48. The summed E-state index contributed by atoms with van der Waals surface area (Å²) in [5, 5.41) is 9.35. The summed E-state index contributed by atoms with van der Waals surface area (Å²) in [6, 6.07) is 7.15. The van der Waals surface area contributed by atoms with Gasteiger partial charge in [-0.2, -0.15) is 5.10 Å². The van der Waals surface area contributed by atoms with Gasteiger partial charge in [0.15, 0.2) is 0 Å². The normalized spacial score (nSPS) is 10.5. The molecule has 0 spiro atoms. The molecule has 0 unspecified atom stereocenters. The Hall–Kier alpha value is -2.30. The average Bonchev–Trinajstić information content (AvgIpc) is 2.88. The van der Waals surface area contributed by atoms with E-state index in [1.807, 2.05) is 26.0 Å².